The average Bonchev–Trinajstić information content (AvgIpc) is 2.24. The molecular formula is C14H28BNO2. The van der Waals surface area contributed by atoms with E-state index in [0.29, 0.717) is 0 Å². The molecule has 1 aliphatic rings. The number of ether oxygens (including phenoxy) is 1. The second-order valence-corrected chi connectivity index (χ2v) is 6.56. The van der Waals surface area contributed by atoms with Crippen molar-refractivity contribution in [2.45, 2.75) is 71.5 Å². The summed E-state index contributed by atoms with van der Waals surface area (Å²) in [5, 5.41) is 0. The lowest BCUT2D eigenvalue weighted by molar-refractivity contribution is 0.0244. The molecule has 0 aromatic carbocycles. The predicted molar refractivity (Wildman–Crippen MR) is 77.5 cm³/mol. The molecule has 0 atom stereocenters. The van der Waals surface area contributed by atoms with Gasteiger partial charge in [0.1, 0.15) is 12.3 Å². The van der Waals surface area contributed by atoms with Crippen molar-refractivity contribution in [2.24, 2.45) is 0 Å². The third kappa shape index (κ3) is 6.32. The molecule has 18 heavy (non-hydrogen) atoms. The Morgan fingerprint density at radius 2 is 1.56 bits per heavy atom. The van der Waals surface area contributed by atoms with Gasteiger partial charge in [-0.2, -0.15) is 0 Å². The van der Waals surface area contributed by atoms with Gasteiger partial charge in [0.25, 0.3) is 0 Å². The molecule has 0 spiro atoms. The van der Waals surface area contributed by atoms with Gasteiger partial charge in [-0.1, -0.05) is 32.3 Å². The molecule has 0 N–H and O–H groups in total. The van der Waals surface area contributed by atoms with Crippen molar-refractivity contribution in [3.63, 3.8) is 0 Å². The van der Waals surface area contributed by atoms with Crippen LogP contribution in [-0.4, -0.2) is 36.4 Å². The van der Waals surface area contributed by atoms with Gasteiger partial charge in [0.15, 0.2) is 0 Å². The molecule has 3 nitrogen and oxygen atoms in total. The number of carbonyl (C=O) groups is 1. The molecule has 0 bridgehead atoms. The first-order valence-corrected chi connectivity index (χ1v) is 7.36. The summed E-state index contributed by atoms with van der Waals surface area (Å²) in [4.78, 5) is 13.9. The number of hydrogen-bond acceptors (Lipinski definition) is 2. The Balaban J connectivity index is 2.45. The van der Waals surface area contributed by atoms with E-state index in [-0.39, 0.29) is 11.7 Å². The van der Waals surface area contributed by atoms with Crippen LogP contribution in [0, 0.1) is 0 Å². The van der Waals surface area contributed by atoms with Gasteiger partial charge in [0, 0.05) is 13.1 Å². The zero-order valence-electron chi connectivity index (χ0n) is 12.5. The lowest BCUT2D eigenvalue weighted by Crippen LogP contribution is -2.38. The van der Waals surface area contributed by atoms with Crippen molar-refractivity contribution in [3.8, 4) is 0 Å². The monoisotopic (exact) mass is 253 g/mol. The Hall–Kier alpha value is -0.665. The molecule has 0 unspecified atom stereocenters. The minimum Gasteiger partial charge on any atom is -0.444 e. The highest BCUT2D eigenvalue weighted by molar-refractivity contribution is 6.57. The van der Waals surface area contributed by atoms with E-state index in [1.165, 1.54) is 25.5 Å². The van der Waals surface area contributed by atoms with Crippen molar-refractivity contribution in [3.05, 3.63) is 0 Å². The van der Waals surface area contributed by atoms with Crippen LogP contribution in [0.2, 0.25) is 19.5 Å². The molecule has 0 radical (unpaired) electrons. The summed E-state index contributed by atoms with van der Waals surface area (Å²) in [5.41, 5.74) is -0.388. The second kappa shape index (κ2) is 7.05. The maximum absolute atomic E-state index is 12.0. The highest BCUT2D eigenvalue weighted by Crippen LogP contribution is 2.16. The number of amides is 1. The van der Waals surface area contributed by atoms with E-state index in [0.717, 1.165) is 32.6 Å². The third-order valence-electron chi connectivity index (χ3n) is 3.40. The van der Waals surface area contributed by atoms with E-state index in [1.54, 1.807) is 0 Å². The molecule has 0 aromatic rings. The summed E-state index contributed by atoms with van der Waals surface area (Å²) in [6.45, 7) is 10.7. The maximum Gasteiger partial charge on any atom is 0.410 e. The van der Waals surface area contributed by atoms with Crippen molar-refractivity contribution < 1.29 is 9.53 Å². The van der Waals surface area contributed by atoms with Crippen LogP contribution in [0.4, 0.5) is 4.79 Å². The maximum atomic E-state index is 12.0. The Morgan fingerprint density at radius 1 is 1.06 bits per heavy atom. The second-order valence-electron chi connectivity index (χ2n) is 6.56. The molecular weight excluding hydrogens is 225 g/mol. The molecule has 0 aliphatic carbocycles. The molecule has 104 valence electrons. The fourth-order valence-electron chi connectivity index (χ4n) is 2.36. The minimum atomic E-state index is -0.388. The van der Waals surface area contributed by atoms with E-state index >= 15 is 0 Å². The topological polar surface area (TPSA) is 29.5 Å². The van der Waals surface area contributed by atoms with Gasteiger partial charge >= 0.3 is 6.09 Å². The van der Waals surface area contributed by atoms with Gasteiger partial charge in [-0.25, -0.2) is 4.79 Å². The molecule has 1 aliphatic heterocycles. The zero-order chi connectivity index (χ0) is 13.6. The Kier molecular flexibility index (Phi) is 6.03. The van der Waals surface area contributed by atoms with Gasteiger partial charge < -0.3 is 9.64 Å². The third-order valence-corrected chi connectivity index (χ3v) is 3.40. The first kappa shape index (κ1) is 15.4. The fourth-order valence-corrected chi connectivity index (χ4v) is 2.36. The summed E-state index contributed by atoms with van der Waals surface area (Å²) in [5.74, 6) is 0. The first-order chi connectivity index (χ1) is 8.38. The number of carbonyl (C=O) groups excluding carboxylic acids is 1. The largest absolute Gasteiger partial charge is 0.444 e. The molecule has 1 fully saturated rings. The quantitative estimate of drug-likeness (QED) is 0.612. The van der Waals surface area contributed by atoms with Crippen LogP contribution in [0.25, 0.3) is 0 Å². The van der Waals surface area contributed by atoms with Crippen LogP contribution >= 0.6 is 0 Å². The fraction of sp³-hybridized carbons (Fsp3) is 0.929. The molecule has 0 aromatic heterocycles. The SMILES string of the molecule is CB1CCCCN(C(=O)OC(C)(C)C)CCCC1. The van der Waals surface area contributed by atoms with Gasteiger partial charge in [0.05, 0.1) is 0 Å². The lowest BCUT2D eigenvalue weighted by Gasteiger charge is -2.28. The van der Waals surface area contributed by atoms with E-state index < -0.39 is 0 Å². The standard InChI is InChI=1S/C14H28BNO2/c1-14(2,3)18-13(17)16-11-7-5-9-15(4)10-6-8-12-16/h5-12H2,1-4H3. The summed E-state index contributed by atoms with van der Waals surface area (Å²) in [7, 11) is 0. The van der Waals surface area contributed by atoms with Gasteiger partial charge in [-0.3, -0.25) is 0 Å². The van der Waals surface area contributed by atoms with E-state index in [9.17, 15) is 4.79 Å². The van der Waals surface area contributed by atoms with Crippen LogP contribution in [0.3, 0.4) is 0 Å². The highest BCUT2D eigenvalue weighted by atomic mass is 16.6. The van der Waals surface area contributed by atoms with Crippen LogP contribution in [0.5, 0.6) is 0 Å². The first-order valence-electron chi connectivity index (χ1n) is 7.36. The predicted octanol–water partition coefficient (Wildman–Crippen LogP) is 3.92. The van der Waals surface area contributed by atoms with Gasteiger partial charge in [-0.15, -0.1) is 0 Å². The van der Waals surface area contributed by atoms with E-state index in [2.05, 4.69) is 6.82 Å². The molecule has 4 heteroatoms. The van der Waals surface area contributed by atoms with Crippen LogP contribution in [0.1, 0.15) is 46.5 Å². The number of hydrogen-bond donors (Lipinski definition) is 0. The van der Waals surface area contributed by atoms with Crippen molar-refractivity contribution in [2.75, 3.05) is 13.1 Å². The molecule has 1 saturated heterocycles. The Bertz CT molecular complexity index is 251. The smallest absolute Gasteiger partial charge is 0.410 e. The summed E-state index contributed by atoms with van der Waals surface area (Å²) in [6, 6.07) is 0. The highest BCUT2D eigenvalue weighted by Gasteiger charge is 2.22. The van der Waals surface area contributed by atoms with E-state index in [1.807, 2.05) is 25.7 Å². The minimum absolute atomic E-state index is 0.142. The van der Waals surface area contributed by atoms with E-state index in [4.69, 9.17) is 4.74 Å². The van der Waals surface area contributed by atoms with Gasteiger partial charge in [0.2, 0.25) is 0 Å². The Morgan fingerprint density at radius 3 is 2.00 bits per heavy atom. The van der Waals surface area contributed by atoms with Crippen LogP contribution < -0.4 is 0 Å². The normalized spacial score (nSPS) is 19.6. The number of nitrogens with zero attached hydrogens (tertiary/aromatic N) is 1. The average molecular weight is 253 g/mol. The lowest BCUT2D eigenvalue weighted by atomic mass is 9.46. The Labute approximate surface area is 112 Å². The van der Waals surface area contributed by atoms with Crippen LogP contribution in [0.15, 0.2) is 0 Å². The summed E-state index contributed by atoms with van der Waals surface area (Å²) in [6.07, 6.45) is 7.09. The molecule has 0 saturated carbocycles. The van der Waals surface area contributed by atoms with Crippen LogP contribution in [-0.2, 0) is 4.74 Å². The van der Waals surface area contributed by atoms with Crippen molar-refractivity contribution >= 4 is 12.8 Å². The molecule has 1 amide bonds. The molecule has 1 heterocycles. The summed E-state index contributed by atoms with van der Waals surface area (Å²) >= 11 is 0. The van der Waals surface area contributed by atoms with Crippen molar-refractivity contribution in [1.29, 1.82) is 0 Å². The van der Waals surface area contributed by atoms with Gasteiger partial charge in [-0.05, 0) is 33.6 Å². The molecule has 1 rings (SSSR count). The number of rotatable bonds is 0. The summed E-state index contributed by atoms with van der Waals surface area (Å²) < 4.78 is 5.45. The zero-order valence-corrected chi connectivity index (χ0v) is 12.5. The van der Waals surface area contributed by atoms with Crippen molar-refractivity contribution in [1.82, 2.24) is 4.90 Å².